The van der Waals surface area contributed by atoms with E-state index in [1.807, 2.05) is 0 Å². The molecule has 1 nitrogen and oxygen atoms in total. The fraction of sp³-hybridized carbons (Fsp3) is 0.571. The Hall–Kier alpha value is -0.820. The van der Waals surface area contributed by atoms with E-state index in [-0.39, 0.29) is 0 Å². The molecule has 0 saturated heterocycles. The molecule has 1 N–H and O–H groups in total. The average Bonchev–Trinajstić information content (AvgIpc) is 2.66. The van der Waals surface area contributed by atoms with Gasteiger partial charge in [-0.25, -0.2) is 0 Å². The predicted octanol–water partition coefficient (Wildman–Crippen LogP) is 3.01. The van der Waals surface area contributed by atoms with Crippen LogP contribution in [-0.4, -0.2) is 12.6 Å². The highest BCUT2D eigenvalue weighted by molar-refractivity contribution is 5.14. The third-order valence-electron chi connectivity index (χ3n) is 3.52. The van der Waals surface area contributed by atoms with Gasteiger partial charge >= 0.3 is 0 Å². The van der Waals surface area contributed by atoms with E-state index < -0.39 is 0 Å². The molecule has 15 heavy (non-hydrogen) atoms. The minimum Gasteiger partial charge on any atom is -0.313 e. The number of benzene rings is 1. The molecule has 0 bridgehead atoms. The summed E-state index contributed by atoms with van der Waals surface area (Å²) in [6.07, 6.45) is 5.34. The van der Waals surface area contributed by atoms with Crippen molar-refractivity contribution in [2.24, 2.45) is 5.92 Å². The van der Waals surface area contributed by atoms with Crippen molar-refractivity contribution in [1.29, 1.82) is 0 Å². The molecule has 1 fully saturated rings. The Morgan fingerprint density at radius 2 is 2.00 bits per heavy atom. The normalized spacial score (nSPS) is 25.7. The molecule has 1 aliphatic rings. The van der Waals surface area contributed by atoms with E-state index in [2.05, 4.69) is 42.6 Å². The summed E-state index contributed by atoms with van der Waals surface area (Å²) in [6, 6.07) is 11.5. The molecule has 0 aliphatic heterocycles. The molecular weight excluding hydrogens is 182 g/mol. The Morgan fingerprint density at radius 3 is 2.67 bits per heavy atom. The highest BCUT2D eigenvalue weighted by atomic mass is 14.9. The maximum Gasteiger partial charge on any atom is 0.00928 e. The van der Waals surface area contributed by atoms with Gasteiger partial charge in [-0.1, -0.05) is 43.7 Å². The summed E-state index contributed by atoms with van der Waals surface area (Å²) in [5.74, 6) is 0.876. The highest BCUT2D eigenvalue weighted by Gasteiger charge is 2.21. The van der Waals surface area contributed by atoms with Crippen molar-refractivity contribution < 1.29 is 0 Å². The summed E-state index contributed by atoms with van der Waals surface area (Å²) in [6.45, 7) is 3.49. The van der Waals surface area contributed by atoms with E-state index in [1.54, 1.807) is 0 Å². The molecule has 1 saturated carbocycles. The van der Waals surface area contributed by atoms with Crippen molar-refractivity contribution in [2.45, 2.75) is 38.6 Å². The summed E-state index contributed by atoms with van der Waals surface area (Å²) in [7, 11) is 0. The topological polar surface area (TPSA) is 12.0 Å². The Morgan fingerprint density at radius 1 is 1.20 bits per heavy atom. The first kappa shape index (κ1) is 10.7. The van der Waals surface area contributed by atoms with Crippen molar-refractivity contribution in [3.63, 3.8) is 0 Å². The predicted molar refractivity (Wildman–Crippen MR) is 65.0 cm³/mol. The molecule has 0 spiro atoms. The maximum atomic E-state index is 3.68. The molecule has 2 atom stereocenters. The lowest BCUT2D eigenvalue weighted by molar-refractivity contribution is 0.430. The SMILES string of the molecule is C[C@H]1CCC[C@@H]1NCCc1ccccc1. The molecule has 1 aromatic carbocycles. The molecule has 0 heterocycles. The Labute approximate surface area is 92.9 Å². The van der Waals surface area contributed by atoms with Gasteiger partial charge in [0.1, 0.15) is 0 Å². The number of nitrogens with one attached hydrogen (secondary N) is 1. The van der Waals surface area contributed by atoms with E-state index >= 15 is 0 Å². The second-order valence-electron chi connectivity index (χ2n) is 4.70. The van der Waals surface area contributed by atoms with Crippen LogP contribution in [0.4, 0.5) is 0 Å². The van der Waals surface area contributed by atoms with Crippen LogP contribution in [0.5, 0.6) is 0 Å². The van der Waals surface area contributed by atoms with Crippen LogP contribution in [0.25, 0.3) is 0 Å². The van der Waals surface area contributed by atoms with Gasteiger partial charge in [-0.3, -0.25) is 0 Å². The first-order chi connectivity index (χ1) is 7.36. The van der Waals surface area contributed by atoms with Gasteiger partial charge in [0.25, 0.3) is 0 Å². The number of rotatable bonds is 4. The summed E-state index contributed by atoms with van der Waals surface area (Å²) in [5, 5.41) is 3.68. The van der Waals surface area contributed by atoms with Crippen molar-refractivity contribution >= 4 is 0 Å². The molecule has 1 aromatic rings. The Kier molecular flexibility index (Phi) is 3.79. The van der Waals surface area contributed by atoms with Crippen LogP contribution in [0.2, 0.25) is 0 Å². The zero-order valence-electron chi connectivity index (χ0n) is 9.58. The van der Waals surface area contributed by atoms with Gasteiger partial charge in [-0.2, -0.15) is 0 Å². The minimum absolute atomic E-state index is 0.772. The third-order valence-corrected chi connectivity index (χ3v) is 3.52. The Bertz CT molecular complexity index is 281. The van der Waals surface area contributed by atoms with Crippen LogP contribution in [0.3, 0.4) is 0 Å². The first-order valence-electron chi connectivity index (χ1n) is 6.13. The lowest BCUT2D eigenvalue weighted by Gasteiger charge is -2.17. The van der Waals surface area contributed by atoms with E-state index in [4.69, 9.17) is 0 Å². The van der Waals surface area contributed by atoms with Gasteiger partial charge in [0.2, 0.25) is 0 Å². The fourth-order valence-corrected chi connectivity index (χ4v) is 2.50. The van der Waals surface area contributed by atoms with Crippen molar-refractivity contribution in [3.8, 4) is 0 Å². The molecule has 0 aromatic heterocycles. The highest BCUT2D eigenvalue weighted by Crippen LogP contribution is 2.24. The summed E-state index contributed by atoms with van der Waals surface area (Å²) >= 11 is 0. The van der Waals surface area contributed by atoms with E-state index in [0.717, 1.165) is 24.9 Å². The average molecular weight is 203 g/mol. The minimum atomic E-state index is 0.772. The van der Waals surface area contributed by atoms with Gasteiger partial charge in [0.05, 0.1) is 0 Å². The van der Waals surface area contributed by atoms with Crippen molar-refractivity contribution in [3.05, 3.63) is 35.9 Å². The summed E-state index contributed by atoms with van der Waals surface area (Å²) in [4.78, 5) is 0. The van der Waals surface area contributed by atoms with Crippen LogP contribution in [0.15, 0.2) is 30.3 Å². The van der Waals surface area contributed by atoms with Crippen molar-refractivity contribution in [2.75, 3.05) is 6.54 Å². The van der Waals surface area contributed by atoms with Crippen molar-refractivity contribution in [1.82, 2.24) is 5.32 Å². The van der Waals surface area contributed by atoms with Gasteiger partial charge < -0.3 is 5.32 Å². The zero-order valence-corrected chi connectivity index (χ0v) is 9.58. The fourth-order valence-electron chi connectivity index (χ4n) is 2.50. The molecule has 2 rings (SSSR count). The zero-order chi connectivity index (χ0) is 10.5. The molecule has 82 valence electrons. The van der Waals surface area contributed by atoms with Crippen LogP contribution in [0.1, 0.15) is 31.7 Å². The van der Waals surface area contributed by atoms with Gasteiger partial charge in [-0.15, -0.1) is 0 Å². The molecule has 0 unspecified atom stereocenters. The molecule has 0 amide bonds. The lowest BCUT2D eigenvalue weighted by atomic mass is 10.1. The quantitative estimate of drug-likeness (QED) is 0.793. The first-order valence-corrected chi connectivity index (χ1v) is 6.13. The van der Waals surface area contributed by atoms with Crippen LogP contribution < -0.4 is 5.32 Å². The van der Waals surface area contributed by atoms with E-state index in [1.165, 1.54) is 24.8 Å². The molecular formula is C14H21N. The number of hydrogen-bond donors (Lipinski definition) is 1. The van der Waals surface area contributed by atoms with Crippen LogP contribution in [-0.2, 0) is 6.42 Å². The van der Waals surface area contributed by atoms with E-state index in [0.29, 0.717) is 0 Å². The monoisotopic (exact) mass is 203 g/mol. The summed E-state index contributed by atoms with van der Waals surface area (Å²) < 4.78 is 0. The van der Waals surface area contributed by atoms with Gasteiger partial charge in [0.15, 0.2) is 0 Å². The van der Waals surface area contributed by atoms with E-state index in [9.17, 15) is 0 Å². The molecule has 1 heteroatoms. The maximum absolute atomic E-state index is 3.68. The van der Waals surface area contributed by atoms with Gasteiger partial charge in [-0.05, 0) is 37.3 Å². The molecule has 0 radical (unpaired) electrons. The summed E-state index contributed by atoms with van der Waals surface area (Å²) in [5.41, 5.74) is 1.44. The Balaban J connectivity index is 1.71. The third kappa shape index (κ3) is 3.07. The van der Waals surface area contributed by atoms with Gasteiger partial charge in [0, 0.05) is 6.04 Å². The smallest absolute Gasteiger partial charge is 0.00928 e. The second kappa shape index (κ2) is 5.32. The second-order valence-corrected chi connectivity index (χ2v) is 4.70. The standard InChI is InChI=1S/C14H21N/c1-12-6-5-9-14(12)15-11-10-13-7-3-2-4-8-13/h2-4,7-8,12,14-15H,5-6,9-11H2,1H3/t12-,14-/m0/s1. The number of hydrogen-bond acceptors (Lipinski definition) is 1. The molecule has 1 aliphatic carbocycles. The largest absolute Gasteiger partial charge is 0.313 e. The van der Waals surface area contributed by atoms with Crippen LogP contribution in [0, 0.1) is 5.92 Å². The van der Waals surface area contributed by atoms with Crippen LogP contribution >= 0.6 is 0 Å². The lowest BCUT2D eigenvalue weighted by Crippen LogP contribution is -2.32.